The van der Waals surface area contributed by atoms with Crippen LogP contribution in [0.3, 0.4) is 0 Å². The first-order chi connectivity index (χ1) is 29.3. The maximum Gasteiger partial charge on any atom is 0.0267 e. The van der Waals surface area contributed by atoms with Crippen LogP contribution in [-0.4, -0.2) is 68.6 Å². The van der Waals surface area contributed by atoms with Crippen LogP contribution >= 0.6 is 69.6 Å². The number of rotatable bonds is 10. The predicted octanol–water partition coefficient (Wildman–Crippen LogP) is 11.4. The second-order valence-electron chi connectivity index (χ2n) is 10.8. The molecule has 14 nitrogen and oxygen atoms in total. The average molecular weight is 1210 g/mol. The number of hydrogen-bond donors (Lipinski definition) is 1. The number of alkyl halides is 6. The average Bonchev–Trinajstić information content (AvgIpc) is 3.25. The minimum absolute atomic E-state index is 0. The zero-order valence-electron chi connectivity index (χ0n) is 32.0. The Hall–Kier alpha value is -3.08. The van der Waals surface area contributed by atoms with Gasteiger partial charge in [-0.3, -0.25) is 33.1 Å². The minimum Gasteiger partial charge on any atom is -0.265 e. The van der Waals surface area contributed by atoms with E-state index in [-0.39, 0.29) is 31.8 Å². The summed E-state index contributed by atoms with van der Waals surface area (Å²) >= 11 is 34.0. The van der Waals surface area contributed by atoms with E-state index in [1.54, 1.807) is 110 Å². The Kier molecular flexibility index (Phi) is 31.0. The third-order valence-corrected chi connectivity index (χ3v) is 8.31. The zero-order chi connectivity index (χ0) is 46.5. The molecule has 346 valence electrons. The minimum atomic E-state index is -4.25. The van der Waals surface area contributed by atoms with Crippen molar-refractivity contribution in [3.63, 3.8) is 0 Å². The van der Waals surface area contributed by atoms with E-state index in [0.29, 0.717) is 22.5 Å². The molecule has 0 saturated carbocycles. The van der Waals surface area contributed by atoms with Crippen molar-refractivity contribution in [2.45, 2.75) is 14.5 Å². The summed E-state index contributed by atoms with van der Waals surface area (Å²) in [5.74, 6) is -0.833. The largest absolute Gasteiger partial charge is 0.265 e. The molecule has 0 bridgehead atoms. The molecule has 2 aromatic carbocycles. The Balaban J connectivity index is 0.000000868. The van der Waals surface area contributed by atoms with Gasteiger partial charge in [-0.2, -0.15) is 0 Å². The van der Waals surface area contributed by atoms with E-state index >= 15 is 0 Å². The molecule has 0 spiro atoms. The molecule has 0 aliphatic carbocycles. The number of pyridine rings is 4. The summed E-state index contributed by atoms with van der Waals surface area (Å²) in [5.41, 5.74) is 2.63. The van der Waals surface area contributed by atoms with Gasteiger partial charge < -0.3 is 14.6 Å². The third kappa shape index (κ3) is 30.7. The van der Waals surface area contributed by atoms with Gasteiger partial charge in [0.05, 0.1) is 11.4 Å². The van der Waals surface area contributed by atoms with E-state index in [1.165, 1.54) is 31.8 Å². The van der Waals surface area contributed by atoms with E-state index in [1.807, 2.05) is 36.4 Å². The van der Waals surface area contributed by atoms with Crippen molar-refractivity contribution < 1.29 is 78.5 Å². The molecule has 0 radical (unpaired) electrons. The second-order valence-corrected chi connectivity index (χ2v) is 18.4. The first kappa shape index (κ1) is 59.9. The van der Waals surface area contributed by atoms with E-state index < -0.39 is 47.4 Å². The molecule has 0 amide bonds. The van der Waals surface area contributed by atoms with Gasteiger partial charge >= 0.3 is 22.9 Å². The Morgan fingerprint density at radius 1 is 0.571 bits per heavy atom. The molecule has 6 aromatic rings. The molecule has 1 N–H and O–H groups in total. The number of hydrogen-bond acceptors (Lipinski definition) is 11. The van der Waals surface area contributed by atoms with Crippen LogP contribution < -0.4 is 0 Å². The summed E-state index contributed by atoms with van der Waals surface area (Å²) in [5, 5.41) is 7.42. The topological polar surface area (TPSA) is 204 Å². The fraction of sp³-hybridized carbons (Fsp3) is 0.132. The smallest absolute Gasteiger partial charge is 0.0267 e. The molecular formula is C38H34Cl6FN6O8Pd2S2-. The van der Waals surface area contributed by atoms with Gasteiger partial charge in [0.15, 0.2) is 0 Å². The molecule has 25 heteroatoms. The van der Waals surface area contributed by atoms with Crippen molar-refractivity contribution in [3.8, 4) is 22.5 Å². The second kappa shape index (κ2) is 32.6. The molecule has 4 heterocycles. The Labute approximate surface area is 420 Å². The van der Waals surface area contributed by atoms with Crippen molar-refractivity contribution >= 4 is 108 Å². The molecule has 4 aromatic heterocycles. The maximum absolute atomic E-state index is 11.8. The van der Waals surface area contributed by atoms with Gasteiger partial charge in [0, 0.05) is 64.5 Å². The van der Waals surface area contributed by atoms with Crippen LogP contribution in [0.4, 0.5) is 14.6 Å². The number of aromatic nitrogens is 4. The van der Waals surface area contributed by atoms with Crippen molar-refractivity contribution in [1.29, 1.82) is 0 Å². The van der Waals surface area contributed by atoms with Gasteiger partial charge in [-0.1, -0.05) is 142 Å². The van der Waals surface area contributed by atoms with E-state index in [9.17, 15) is 20.1 Å². The van der Waals surface area contributed by atoms with Crippen LogP contribution in [0.5, 0.6) is 0 Å². The van der Waals surface area contributed by atoms with E-state index in [2.05, 4.69) is 37.7 Å². The SMILES string of the molecule is CC(=O)O.O=S(=O)([N-]c1ccccc1-c1ccccn1)OCC(Cl)(Cl)Cl.O=S(=O)([N-]c1ccccc1-c1ccccn1)OCC(Cl)(Cl)Cl.[F][Pd+].[Pd].c1ccncc1.c1ccncc1. The number of nitrogens with zero attached hydrogens (tertiary/aromatic N) is 6. The Morgan fingerprint density at radius 3 is 1.10 bits per heavy atom. The first-order valence-electron chi connectivity index (χ1n) is 16.7. The van der Waals surface area contributed by atoms with Crippen molar-refractivity contribution in [3.05, 3.63) is 168 Å². The molecular weight excluding hydrogens is 1180 g/mol. The van der Waals surface area contributed by atoms with Gasteiger partial charge in [0.25, 0.3) is 5.97 Å². The number of halogens is 7. The molecule has 0 atom stereocenters. The molecule has 0 saturated heterocycles. The summed E-state index contributed by atoms with van der Waals surface area (Å²) < 4.78 is 69.4. The number of carboxylic acid groups (broad SMARTS) is 1. The third-order valence-electron chi connectivity index (χ3n) is 5.99. The number of carbonyl (C=O) groups is 1. The van der Waals surface area contributed by atoms with Gasteiger partial charge in [-0.15, -0.1) is 11.4 Å². The quantitative estimate of drug-likeness (QED) is 0.101. The monoisotopic (exact) mass is 1210 g/mol. The molecule has 0 aliphatic rings. The van der Waals surface area contributed by atoms with Crippen LogP contribution in [0.2, 0.25) is 0 Å². The Morgan fingerprint density at radius 2 is 0.857 bits per heavy atom. The first-order valence-corrected chi connectivity index (χ1v) is 22.3. The van der Waals surface area contributed by atoms with E-state index in [0.717, 1.165) is 6.92 Å². The molecule has 0 fully saturated rings. The summed E-state index contributed by atoms with van der Waals surface area (Å²) in [6.07, 6.45) is 10.2. The predicted molar refractivity (Wildman–Crippen MR) is 239 cm³/mol. The zero-order valence-corrected chi connectivity index (χ0v) is 41.3. The van der Waals surface area contributed by atoms with Crippen molar-refractivity contribution in [1.82, 2.24) is 19.9 Å². The fourth-order valence-corrected chi connectivity index (χ4v) is 6.06. The molecule has 63 heavy (non-hydrogen) atoms. The van der Waals surface area contributed by atoms with Crippen molar-refractivity contribution in [2.24, 2.45) is 0 Å². The van der Waals surface area contributed by atoms with Crippen LogP contribution in [-0.2, 0) is 73.9 Å². The van der Waals surface area contributed by atoms with Gasteiger partial charge in [0.2, 0.25) is 28.2 Å². The summed E-state index contributed by atoms with van der Waals surface area (Å²) in [7, 11) is -8.51. The Bertz CT molecular complexity index is 2140. The van der Waals surface area contributed by atoms with Gasteiger partial charge in [0.1, 0.15) is 13.2 Å². The van der Waals surface area contributed by atoms with Crippen LogP contribution in [0.15, 0.2) is 159 Å². The van der Waals surface area contributed by atoms with E-state index in [4.69, 9.17) is 79.5 Å². The van der Waals surface area contributed by atoms with Crippen LogP contribution in [0.25, 0.3) is 32.0 Å². The van der Waals surface area contributed by atoms with Gasteiger partial charge in [-0.25, -0.2) is 16.8 Å². The summed E-state index contributed by atoms with van der Waals surface area (Å²) in [6, 6.07) is 35.2. The normalized spacial score (nSPS) is 10.5. The van der Waals surface area contributed by atoms with Crippen molar-refractivity contribution in [2.75, 3.05) is 13.2 Å². The number of aliphatic carboxylic acids is 1. The molecule has 0 aliphatic heterocycles. The number of benzene rings is 2. The molecule has 0 unspecified atom stereocenters. The number of carboxylic acids is 1. The van der Waals surface area contributed by atoms with Crippen LogP contribution in [0.1, 0.15) is 6.92 Å². The fourth-order valence-electron chi connectivity index (χ4n) is 3.79. The summed E-state index contributed by atoms with van der Waals surface area (Å²) in [6.45, 7) is -0.176. The van der Waals surface area contributed by atoms with Gasteiger partial charge in [-0.05, 0) is 59.7 Å². The summed E-state index contributed by atoms with van der Waals surface area (Å²) in [4.78, 5) is 24.9. The molecule has 6 rings (SSSR count). The maximum atomic E-state index is 11.8. The van der Waals surface area contributed by atoms with Crippen LogP contribution in [0, 0.1) is 0 Å². The standard InChI is InChI=1S/2C13H10Cl3N2O3S.2C5H5N.C2H4O2.FH.2Pd/c2*14-13(15,16)9-21-22(19,20)18-12-7-2-1-5-10(12)11-6-3-4-8-17-11;2*1-2-4-6-5-3-1;1-2(3)4;;;/h2*1-8H,9H2;2*1-5H;1H3,(H,3,4);1H;;/q2*-1;;;;;;+2/p-1.